The Balaban J connectivity index is 1.61. The van der Waals surface area contributed by atoms with Gasteiger partial charge in [0.15, 0.2) is 0 Å². The van der Waals surface area contributed by atoms with Crippen LogP contribution < -0.4 is 0 Å². The van der Waals surface area contributed by atoms with Crippen LogP contribution in [0.2, 0.25) is 0 Å². The Morgan fingerprint density at radius 1 is 1.16 bits per heavy atom. The van der Waals surface area contributed by atoms with Crippen molar-refractivity contribution >= 4 is 16.8 Å². The molecule has 1 aliphatic rings. The van der Waals surface area contributed by atoms with Crippen molar-refractivity contribution in [3.8, 4) is 0 Å². The highest BCUT2D eigenvalue weighted by atomic mass is 16.5. The van der Waals surface area contributed by atoms with Gasteiger partial charge in [-0.3, -0.25) is 9.78 Å². The number of carbonyl (C=O) groups excluding carboxylic acids is 1. The lowest BCUT2D eigenvalue weighted by Crippen LogP contribution is -2.42. The van der Waals surface area contributed by atoms with E-state index in [1.807, 2.05) is 48.2 Å². The van der Waals surface area contributed by atoms with E-state index < -0.39 is 0 Å². The number of carbonyl (C=O) groups is 1. The second-order valence-electron chi connectivity index (χ2n) is 6.01. The van der Waals surface area contributed by atoms with Crippen molar-refractivity contribution in [1.82, 2.24) is 19.9 Å². The molecule has 1 amide bonds. The predicted octanol–water partition coefficient (Wildman–Crippen LogP) is 2.55. The molecule has 2 aromatic heterocycles. The minimum atomic E-state index is -0.229. The lowest BCUT2D eigenvalue weighted by molar-refractivity contribution is -0.0247. The van der Waals surface area contributed by atoms with E-state index in [4.69, 9.17) is 4.74 Å². The van der Waals surface area contributed by atoms with Gasteiger partial charge in [0.1, 0.15) is 11.9 Å². The molecule has 0 radical (unpaired) electrons. The molecule has 6 heteroatoms. The topological polar surface area (TPSA) is 68.2 Å². The molecule has 0 spiro atoms. The summed E-state index contributed by atoms with van der Waals surface area (Å²) in [5.41, 5.74) is 2.30. The largest absolute Gasteiger partial charge is 0.368 e. The monoisotopic (exact) mass is 334 g/mol. The third-order valence-electron chi connectivity index (χ3n) is 4.36. The van der Waals surface area contributed by atoms with Crippen LogP contribution >= 0.6 is 0 Å². The summed E-state index contributed by atoms with van der Waals surface area (Å²) in [5, 5.41) is 0.871. The van der Waals surface area contributed by atoms with E-state index >= 15 is 0 Å². The lowest BCUT2D eigenvalue weighted by Gasteiger charge is -2.33. The molecular weight excluding hydrogens is 316 g/mol. The molecule has 1 saturated heterocycles. The number of amides is 1. The van der Waals surface area contributed by atoms with Crippen molar-refractivity contribution in [2.45, 2.75) is 13.0 Å². The molecule has 1 aliphatic heterocycles. The SMILES string of the molecule is Cc1nccc([C@@H]2CN(C(=O)c3cccc4ncccc34)CCO2)n1. The van der Waals surface area contributed by atoms with E-state index in [1.165, 1.54) is 0 Å². The van der Waals surface area contributed by atoms with Crippen molar-refractivity contribution in [3.63, 3.8) is 0 Å². The average molecular weight is 334 g/mol. The molecule has 126 valence electrons. The summed E-state index contributed by atoms with van der Waals surface area (Å²) in [4.78, 5) is 27.8. The van der Waals surface area contributed by atoms with Crippen molar-refractivity contribution < 1.29 is 9.53 Å². The van der Waals surface area contributed by atoms with Gasteiger partial charge in [-0.25, -0.2) is 9.97 Å². The normalized spacial score (nSPS) is 17.6. The second kappa shape index (κ2) is 6.57. The number of hydrogen-bond donors (Lipinski definition) is 0. The number of aryl methyl sites for hydroxylation is 1. The van der Waals surface area contributed by atoms with Gasteiger partial charge < -0.3 is 9.64 Å². The molecular formula is C19H18N4O2. The van der Waals surface area contributed by atoms with Gasteiger partial charge in [0.2, 0.25) is 0 Å². The number of ether oxygens (including phenoxy) is 1. The maximum Gasteiger partial charge on any atom is 0.254 e. The highest BCUT2D eigenvalue weighted by Crippen LogP contribution is 2.24. The van der Waals surface area contributed by atoms with Crippen LogP contribution in [0.3, 0.4) is 0 Å². The number of nitrogens with zero attached hydrogens (tertiary/aromatic N) is 4. The number of aromatic nitrogens is 3. The third kappa shape index (κ3) is 3.08. The maximum atomic E-state index is 13.1. The van der Waals surface area contributed by atoms with Crippen LogP contribution in [0.1, 0.15) is 28.0 Å². The maximum absolute atomic E-state index is 13.1. The summed E-state index contributed by atoms with van der Waals surface area (Å²) in [7, 11) is 0. The Hall–Kier alpha value is -2.86. The Morgan fingerprint density at radius 3 is 2.96 bits per heavy atom. The van der Waals surface area contributed by atoms with Crippen LogP contribution in [0.15, 0.2) is 48.8 Å². The molecule has 0 aliphatic carbocycles. The molecule has 1 fully saturated rings. The van der Waals surface area contributed by atoms with E-state index in [0.29, 0.717) is 31.1 Å². The highest BCUT2D eigenvalue weighted by Gasteiger charge is 2.27. The van der Waals surface area contributed by atoms with E-state index in [2.05, 4.69) is 15.0 Å². The minimum Gasteiger partial charge on any atom is -0.368 e. The van der Waals surface area contributed by atoms with Crippen LogP contribution in [0, 0.1) is 6.92 Å². The van der Waals surface area contributed by atoms with Gasteiger partial charge in [-0.15, -0.1) is 0 Å². The Morgan fingerprint density at radius 2 is 2.08 bits per heavy atom. The summed E-state index contributed by atoms with van der Waals surface area (Å²) in [6, 6.07) is 11.3. The van der Waals surface area contributed by atoms with Crippen molar-refractivity contribution in [2.75, 3.05) is 19.7 Å². The Bertz CT molecular complexity index is 923. The molecule has 25 heavy (non-hydrogen) atoms. The fraction of sp³-hybridized carbons (Fsp3) is 0.263. The summed E-state index contributed by atoms with van der Waals surface area (Å²) in [6.07, 6.45) is 3.23. The van der Waals surface area contributed by atoms with Crippen LogP contribution in [-0.4, -0.2) is 45.5 Å². The van der Waals surface area contributed by atoms with Crippen LogP contribution in [0.4, 0.5) is 0 Å². The van der Waals surface area contributed by atoms with Crippen molar-refractivity contribution in [2.24, 2.45) is 0 Å². The van der Waals surface area contributed by atoms with Crippen molar-refractivity contribution in [1.29, 1.82) is 0 Å². The predicted molar refractivity (Wildman–Crippen MR) is 93.1 cm³/mol. The first-order chi connectivity index (χ1) is 12.2. The summed E-state index contributed by atoms with van der Waals surface area (Å²) < 4.78 is 5.83. The zero-order chi connectivity index (χ0) is 17.2. The van der Waals surface area contributed by atoms with Gasteiger partial charge in [-0.1, -0.05) is 12.1 Å². The lowest BCUT2D eigenvalue weighted by atomic mass is 10.1. The quantitative estimate of drug-likeness (QED) is 0.720. The number of benzene rings is 1. The molecule has 0 saturated carbocycles. The molecule has 3 heterocycles. The first-order valence-electron chi connectivity index (χ1n) is 8.26. The molecule has 0 N–H and O–H groups in total. The molecule has 3 aromatic rings. The van der Waals surface area contributed by atoms with Gasteiger partial charge in [0.25, 0.3) is 5.91 Å². The number of pyridine rings is 1. The third-order valence-corrected chi connectivity index (χ3v) is 4.36. The first kappa shape index (κ1) is 15.7. The van der Waals surface area contributed by atoms with Gasteiger partial charge in [-0.2, -0.15) is 0 Å². The molecule has 1 atom stereocenters. The van der Waals surface area contributed by atoms with Crippen LogP contribution in [-0.2, 0) is 4.74 Å². The van der Waals surface area contributed by atoms with E-state index in [0.717, 1.165) is 16.6 Å². The first-order valence-corrected chi connectivity index (χ1v) is 8.26. The molecule has 0 bridgehead atoms. The van der Waals surface area contributed by atoms with Gasteiger partial charge >= 0.3 is 0 Å². The van der Waals surface area contributed by atoms with E-state index in [-0.39, 0.29) is 12.0 Å². The van der Waals surface area contributed by atoms with Gasteiger partial charge in [0, 0.05) is 29.9 Å². The van der Waals surface area contributed by atoms with E-state index in [9.17, 15) is 4.79 Å². The smallest absolute Gasteiger partial charge is 0.254 e. The number of rotatable bonds is 2. The second-order valence-corrected chi connectivity index (χ2v) is 6.01. The zero-order valence-corrected chi connectivity index (χ0v) is 13.9. The van der Waals surface area contributed by atoms with Crippen molar-refractivity contribution in [3.05, 3.63) is 65.9 Å². The van der Waals surface area contributed by atoms with Crippen LogP contribution in [0.25, 0.3) is 10.9 Å². The number of fused-ring (bicyclic) bond motifs is 1. The van der Waals surface area contributed by atoms with E-state index in [1.54, 1.807) is 12.4 Å². The highest BCUT2D eigenvalue weighted by molar-refractivity contribution is 6.06. The fourth-order valence-electron chi connectivity index (χ4n) is 3.13. The standard InChI is InChI=1S/C19H18N4O2/c1-13-20-9-7-17(22-13)18-12-23(10-11-25-18)19(24)15-4-2-6-16-14(15)5-3-8-21-16/h2-9,18H,10-12H2,1H3/t18-/m0/s1. The molecule has 4 rings (SSSR count). The molecule has 1 aromatic carbocycles. The zero-order valence-electron chi connectivity index (χ0n) is 13.9. The summed E-state index contributed by atoms with van der Waals surface area (Å²) in [5.74, 6) is 0.697. The number of hydrogen-bond acceptors (Lipinski definition) is 5. The Labute approximate surface area is 145 Å². The summed E-state index contributed by atoms with van der Waals surface area (Å²) >= 11 is 0. The fourth-order valence-corrected chi connectivity index (χ4v) is 3.13. The van der Waals surface area contributed by atoms with Gasteiger partial charge in [-0.05, 0) is 31.2 Å². The van der Waals surface area contributed by atoms with Crippen LogP contribution in [0.5, 0.6) is 0 Å². The summed E-state index contributed by atoms with van der Waals surface area (Å²) in [6.45, 7) is 3.38. The molecule has 6 nitrogen and oxygen atoms in total. The molecule has 0 unspecified atom stereocenters. The Kier molecular flexibility index (Phi) is 4.11. The number of morpholine rings is 1. The van der Waals surface area contributed by atoms with Gasteiger partial charge in [0.05, 0.1) is 24.4 Å². The average Bonchev–Trinajstić information content (AvgIpc) is 2.67. The minimum absolute atomic E-state index is 0.00215.